The summed E-state index contributed by atoms with van der Waals surface area (Å²) in [5.41, 5.74) is 1.84. The van der Waals surface area contributed by atoms with Crippen LogP contribution in [0, 0.1) is 6.92 Å². The second-order valence-corrected chi connectivity index (χ2v) is 2.31. The van der Waals surface area contributed by atoms with Gasteiger partial charge < -0.3 is 9.84 Å². The highest BCUT2D eigenvalue weighted by molar-refractivity contribution is 5.27. The number of hydrogen-bond donors (Lipinski definition) is 1. The van der Waals surface area contributed by atoms with E-state index in [1.165, 1.54) is 0 Å². The Morgan fingerprint density at radius 2 is 2.36 bits per heavy atom. The Labute approximate surface area is 65.7 Å². The van der Waals surface area contributed by atoms with Crippen molar-refractivity contribution < 1.29 is 9.84 Å². The lowest BCUT2D eigenvalue weighted by molar-refractivity contribution is 0.279. The van der Waals surface area contributed by atoms with Crippen molar-refractivity contribution in [3.8, 4) is 5.88 Å². The van der Waals surface area contributed by atoms with Crippen molar-refractivity contribution in [1.82, 2.24) is 4.98 Å². The van der Waals surface area contributed by atoms with Gasteiger partial charge in [0.25, 0.3) is 0 Å². The molecule has 0 aliphatic heterocycles. The maximum Gasteiger partial charge on any atom is 0.213 e. The first-order valence-electron chi connectivity index (χ1n) is 3.38. The number of nitrogens with zero attached hydrogens (tertiary/aromatic N) is 1. The molecule has 3 heteroatoms. The van der Waals surface area contributed by atoms with Gasteiger partial charge in [0.15, 0.2) is 0 Å². The zero-order chi connectivity index (χ0) is 8.27. The second-order valence-electron chi connectivity index (χ2n) is 2.31. The van der Waals surface area contributed by atoms with Crippen molar-refractivity contribution in [3.05, 3.63) is 23.4 Å². The summed E-state index contributed by atoms with van der Waals surface area (Å²) in [6, 6.07) is 1.73. The number of aliphatic hydroxyl groups excluding tert-OH is 1. The monoisotopic (exact) mass is 153 g/mol. The zero-order valence-electron chi connectivity index (χ0n) is 6.66. The minimum atomic E-state index is 0.0325. The number of pyridine rings is 1. The third-order valence-electron chi connectivity index (χ3n) is 1.57. The normalized spacial score (nSPS) is 9.73. The number of rotatable bonds is 2. The largest absolute Gasteiger partial charge is 0.481 e. The van der Waals surface area contributed by atoms with E-state index < -0.39 is 0 Å². The van der Waals surface area contributed by atoms with Crippen molar-refractivity contribution in [1.29, 1.82) is 0 Å². The molecule has 0 unspecified atom stereocenters. The average molecular weight is 153 g/mol. The van der Waals surface area contributed by atoms with Crippen LogP contribution in [0.2, 0.25) is 0 Å². The maximum absolute atomic E-state index is 8.86. The molecular formula is C8H11NO2. The van der Waals surface area contributed by atoms with Crippen molar-refractivity contribution >= 4 is 0 Å². The molecule has 1 rings (SSSR count). The predicted molar refractivity (Wildman–Crippen MR) is 41.4 cm³/mol. The number of aliphatic hydroxyl groups is 1. The van der Waals surface area contributed by atoms with Crippen LogP contribution in [0.3, 0.4) is 0 Å². The van der Waals surface area contributed by atoms with Gasteiger partial charge in [0.2, 0.25) is 5.88 Å². The Hall–Kier alpha value is -1.09. The van der Waals surface area contributed by atoms with Crippen LogP contribution in [0.25, 0.3) is 0 Å². The van der Waals surface area contributed by atoms with Crippen molar-refractivity contribution in [2.75, 3.05) is 7.11 Å². The van der Waals surface area contributed by atoms with E-state index in [1.807, 2.05) is 6.92 Å². The topological polar surface area (TPSA) is 42.4 Å². The summed E-state index contributed by atoms with van der Waals surface area (Å²) in [7, 11) is 1.55. The first-order chi connectivity index (χ1) is 5.27. The fourth-order valence-corrected chi connectivity index (χ4v) is 0.825. The highest BCUT2D eigenvalue weighted by Gasteiger charge is 1.99. The van der Waals surface area contributed by atoms with Crippen LogP contribution in [0.15, 0.2) is 12.3 Å². The Morgan fingerprint density at radius 3 is 2.91 bits per heavy atom. The number of methoxy groups -OCH3 is 1. The highest BCUT2D eigenvalue weighted by atomic mass is 16.5. The van der Waals surface area contributed by atoms with Gasteiger partial charge >= 0.3 is 0 Å². The lowest BCUT2D eigenvalue weighted by atomic mass is 10.2. The molecule has 60 valence electrons. The molecule has 0 fully saturated rings. The quantitative estimate of drug-likeness (QED) is 0.686. The molecule has 0 spiro atoms. The Morgan fingerprint density at radius 1 is 1.64 bits per heavy atom. The van der Waals surface area contributed by atoms with Crippen LogP contribution in [0.5, 0.6) is 5.88 Å². The summed E-state index contributed by atoms with van der Waals surface area (Å²) < 4.78 is 4.89. The van der Waals surface area contributed by atoms with Crippen molar-refractivity contribution in [2.24, 2.45) is 0 Å². The molecule has 0 saturated carbocycles. The minimum Gasteiger partial charge on any atom is -0.481 e. The molecule has 0 atom stereocenters. The average Bonchev–Trinajstić information content (AvgIpc) is 2.05. The summed E-state index contributed by atoms with van der Waals surface area (Å²) in [6.45, 7) is 1.93. The van der Waals surface area contributed by atoms with Crippen LogP contribution in [-0.2, 0) is 6.61 Å². The molecular weight excluding hydrogens is 142 g/mol. The number of aromatic nitrogens is 1. The molecule has 0 saturated heterocycles. The van der Waals surface area contributed by atoms with E-state index in [9.17, 15) is 0 Å². The Bertz CT molecular complexity index is 248. The van der Waals surface area contributed by atoms with Gasteiger partial charge in [-0.05, 0) is 18.1 Å². The summed E-state index contributed by atoms with van der Waals surface area (Å²) in [5, 5.41) is 8.86. The standard InChI is InChI=1S/C8H11NO2/c1-6-4-9-8(11-2)3-7(6)5-10/h3-4,10H,5H2,1-2H3. The van der Waals surface area contributed by atoms with Gasteiger partial charge in [0, 0.05) is 12.3 Å². The fourth-order valence-electron chi connectivity index (χ4n) is 0.825. The minimum absolute atomic E-state index is 0.0325. The van der Waals surface area contributed by atoms with Gasteiger partial charge in [0.05, 0.1) is 13.7 Å². The number of hydrogen-bond acceptors (Lipinski definition) is 3. The molecule has 0 amide bonds. The van der Waals surface area contributed by atoms with Gasteiger partial charge in [-0.25, -0.2) is 4.98 Å². The maximum atomic E-state index is 8.86. The van der Waals surface area contributed by atoms with Gasteiger partial charge in [-0.3, -0.25) is 0 Å². The summed E-state index contributed by atoms with van der Waals surface area (Å²) in [6.07, 6.45) is 1.68. The third kappa shape index (κ3) is 1.68. The fraction of sp³-hybridized carbons (Fsp3) is 0.375. The first kappa shape index (κ1) is 8.01. The second kappa shape index (κ2) is 3.34. The molecule has 11 heavy (non-hydrogen) atoms. The molecule has 1 aromatic rings. The SMILES string of the molecule is COc1cc(CO)c(C)cn1. The lowest BCUT2D eigenvalue weighted by Crippen LogP contribution is -1.93. The number of aryl methyl sites for hydroxylation is 1. The highest BCUT2D eigenvalue weighted by Crippen LogP contribution is 2.12. The molecule has 1 heterocycles. The van der Waals surface area contributed by atoms with Gasteiger partial charge in [0.1, 0.15) is 0 Å². The molecule has 0 bridgehead atoms. The van der Waals surface area contributed by atoms with E-state index in [4.69, 9.17) is 9.84 Å². The van der Waals surface area contributed by atoms with E-state index >= 15 is 0 Å². The lowest BCUT2D eigenvalue weighted by Gasteiger charge is -2.03. The van der Waals surface area contributed by atoms with Crippen LogP contribution in [-0.4, -0.2) is 17.2 Å². The van der Waals surface area contributed by atoms with Crippen LogP contribution < -0.4 is 4.74 Å². The first-order valence-corrected chi connectivity index (χ1v) is 3.38. The van der Waals surface area contributed by atoms with Crippen molar-refractivity contribution in [2.45, 2.75) is 13.5 Å². The van der Waals surface area contributed by atoms with E-state index in [0.29, 0.717) is 5.88 Å². The molecule has 0 aromatic carbocycles. The van der Waals surface area contributed by atoms with E-state index in [0.717, 1.165) is 11.1 Å². The predicted octanol–water partition coefficient (Wildman–Crippen LogP) is 0.891. The summed E-state index contributed by atoms with van der Waals surface area (Å²) in [4.78, 5) is 3.97. The molecule has 3 nitrogen and oxygen atoms in total. The van der Waals surface area contributed by atoms with E-state index in [-0.39, 0.29) is 6.61 Å². The Balaban J connectivity index is 3.02. The number of ether oxygens (including phenoxy) is 1. The van der Waals surface area contributed by atoms with Crippen molar-refractivity contribution in [3.63, 3.8) is 0 Å². The van der Waals surface area contributed by atoms with Gasteiger partial charge in [-0.1, -0.05) is 0 Å². The molecule has 0 aliphatic carbocycles. The smallest absolute Gasteiger partial charge is 0.213 e. The van der Waals surface area contributed by atoms with Crippen LogP contribution in [0.4, 0.5) is 0 Å². The third-order valence-corrected chi connectivity index (χ3v) is 1.57. The summed E-state index contributed by atoms with van der Waals surface area (Å²) in [5.74, 6) is 0.541. The van der Waals surface area contributed by atoms with Crippen LogP contribution in [0.1, 0.15) is 11.1 Å². The Kier molecular flexibility index (Phi) is 2.44. The van der Waals surface area contributed by atoms with Gasteiger partial charge in [-0.15, -0.1) is 0 Å². The van der Waals surface area contributed by atoms with E-state index in [1.54, 1.807) is 19.4 Å². The molecule has 0 aliphatic rings. The molecule has 1 N–H and O–H groups in total. The molecule has 0 radical (unpaired) electrons. The van der Waals surface area contributed by atoms with Gasteiger partial charge in [-0.2, -0.15) is 0 Å². The van der Waals surface area contributed by atoms with E-state index in [2.05, 4.69) is 4.98 Å². The zero-order valence-corrected chi connectivity index (χ0v) is 6.66. The van der Waals surface area contributed by atoms with Crippen LogP contribution >= 0.6 is 0 Å². The summed E-state index contributed by atoms with van der Waals surface area (Å²) >= 11 is 0. The molecule has 1 aromatic heterocycles.